The fourth-order valence-electron chi connectivity index (χ4n) is 4.25. The number of hydrogen-bond acceptors (Lipinski definition) is 6. The molecule has 0 aliphatic heterocycles. The first kappa shape index (κ1) is 23.7. The molecule has 0 spiro atoms. The number of thiazole rings is 1. The molecular formula is C27H23FN4O3S. The molecule has 182 valence electrons. The summed E-state index contributed by atoms with van der Waals surface area (Å²) in [5.74, 6) is -1.31. The summed E-state index contributed by atoms with van der Waals surface area (Å²) < 4.78 is 13.4. The Morgan fingerprint density at radius 1 is 1.11 bits per heavy atom. The molecule has 1 aliphatic carbocycles. The maximum absolute atomic E-state index is 13.4. The average molecular weight is 503 g/mol. The van der Waals surface area contributed by atoms with Crippen molar-refractivity contribution in [2.24, 2.45) is 0 Å². The highest BCUT2D eigenvalue weighted by atomic mass is 32.1. The molecule has 2 amide bonds. The van der Waals surface area contributed by atoms with Crippen LogP contribution in [-0.4, -0.2) is 28.4 Å². The van der Waals surface area contributed by atoms with Crippen molar-refractivity contribution in [2.75, 3.05) is 22.5 Å². The third-order valence-electron chi connectivity index (χ3n) is 6.11. The van der Waals surface area contributed by atoms with Crippen molar-refractivity contribution in [1.82, 2.24) is 4.98 Å². The van der Waals surface area contributed by atoms with Crippen LogP contribution in [0.25, 0.3) is 11.3 Å². The number of nitrogens with one attached hydrogen (secondary N) is 1. The minimum absolute atomic E-state index is 0.247. The number of nitrogen functional groups attached to an aromatic ring is 1. The molecule has 0 saturated heterocycles. The Labute approximate surface area is 211 Å². The summed E-state index contributed by atoms with van der Waals surface area (Å²) in [4.78, 5) is 32.0. The van der Waals surface area contributed by atoms with Gasteiger partial charge in [0, 0.05) is 27.9 Å². The molecule has 9 heteroatoms. The fourth-order valence-corrected chi connectivity index (χ4v) is 4.83. The van der Waals surface area contributed by atoms with Gasteiger partial charge in [-0.25, -0.2) is 9.37 Å². The number of aromatic nitrogens is 1. The van der Waals surface area contributed by atoms with Gasteiger partial charge in [0.15, 0.2) is 5.13 Å². The molecule has 0 fully saturated rings. The van der Waals surface area contributed by atoms with Gasteiger partial charge in [-0.05, 0) is 72.5 Å². The van der Waals surface area contributed by atoms with Crippen LogP contribution in [0.2, 0.25) is 0 Å². The molecule has 0 radical (unpaired) electrons. The number of hydrogen-bond donors (Lipinski definition) is 3. The van der Waals surface area contributed by atoms with E-state index in [1.165, 1.54) is 40.5 Å². The van der Waals surface area contributed by atoms with Crippen molar-refractivity contribution in [3.8, 4) is 11.3 Å². The number of carbonyl (C=O) groups excluding carboxylic acids is 2. The Balaban J connectivity index is 1.37. The van der Waals surface area contributed by atoms with Gasteiger partial charge in [-0.2, -0.15) is 0 Å². The summed E-state index contributed by atoms with van der Waals surface area (Å²) in [6.45, 7) is -0.268. The second-order valence-corrected chi connectivity index (χ2v) is 9.42. The third kappa shape index (κ3) is 4.98. The first-order chi connectivity index (χ1) is 17.4. The molecule has 5 rings (SSSR count). The van der Waals surface area contributed by atoms with Crippen LogP contribution in [0.5, 0.6) is 0 Å². The Morgan fingerprint density at radius 2 is 1.86 bits per heavy atom. The molecule has 1 unspecified atom stereocenters. The van der Waals surface area contributed by atoms with Crippen LogP contribution in [0.15, 0.2) is 72.1 Å². The van der Waals surface area contributed by atoms with Crippen molar-refractivity contribution >= 4 is 39.7 Å². The van der Waals surface area contributed by atoms with E-state index in [2.05, 4.69) is 10.3 Å². The lowest BCUT2D eigenvalue weighted by atomic mass is 10.1. The topological polar surface area (TPSA) is 109 Å². The van der Waals surface area contributed by atoms with Gasteiger partial charge in [-0.3, -0.25) is 14.5 Å². The fraction of sp³-hybridized carbons (Fsp3) is 0.148. The van der Waals surface area contributed by atoms with Gasteiger partial charge >= 0.3 is 0 Å². The Morgan fingerprint density at radius 3 is 2.56 bits per heavy atom. The normalized spacial score (nSPS) is 14.3. The van der Waals surface area contributed by atoms with Gasteiger partial charge in [-0.15, -0.1) is 11.3 Å². The number of nitrogens with two attached hydrogens (primary N) is 1. The molecule has 0 saturated carbocycles. The van der Waals surface area contributed by atoms with Crippen LogP contribution in [0.4, 0.5) is 20.9 Å². The zero-order valence-corrected chi connectivity index (χ0v) is 20.0. The summed E-state index contributed by atoms with van der Waals surface area (Å²) in [6, 6.07) is 17.7. The van der Waals surface area contributed by atoms with E-state index < -0.39 is 23.7 Å². The van der Waals surface area contributed by atoms with Crippen LogP contribution in [0.1, 0.15) is 34.0 Å². The van der Waals surface area contributed by atoms with Crippen LogP contribution < -0.4 is 16.0 Å². The van der Waals surface area contributed by atoms with E-state index in [0.29, 0.717) is 22.9 Å². The van der Waals surface area contributed by atoms with Crippen LogP contribution in [0, 0.1) is 5.82 Å². The van der Waals surface area contributed by atoms with Gasteiger partial charge in [0.05, 0.1) is 11.8 Å². The van der Waals surface area contributed by atoms with Crippen molar-refractivity contribution < 1.29 is 19.1 Å². The van der Waals surface area contributed by atoms with E-state index in [1.807, 2.05) is 23.6 Å². The van der Waals surface area contributed by atoms with Crippen LogP contribution in [-0.2, 0) is 11.2 Å². The number of aryl methyl sites for hydroxylation is 1. The Kier molecular flexibility index (Phi) is 6.49. The van der Waals surface area contributed by atoms with Gasteiger partial charge < -0.3 is 16.2 Å². The minimum atomic E-state index is -0.608. The standard InChI is InChI=1S/C27H23FN4O3S/c28-19-7-1-18(2-8-19)26(35)32(21-11-5-16-6-12-24(33)22(16)13-21)14-25(34)30-20-9-3-17(4-10-20)23-15-36-27(29)31-23/h1-5,7-11,13,15,24,33H,6,12,14H2,(H2,29,31)(H,30,34). The zero-order valence-electron chi connectivity index (χ0n) is 19.1. The first-order valence-corrected chi connectivity index (χ1v) is 12.2. The van der Waals surface area contributed by atoms with Gasteiger partial charge in [-0.1, -0.05) is 18.2 Å². The lowest BCUT2D eigenvalue weighted by molar-refractivity contribution is -0.114. The van der Waals surface area contributed by atoms with E-state index in [0.717, 1.165) is 28.8 Å². The number of aliphatic hydroxyl groups is 1. The van der Waals surface area contributed by atoms with Crippen molar-refractivity contribution in [2.45, 2.75) is 18.9 Å². The van der Waals surface area contributed by atoms with E-state index in [4.69, 9.17) is 5.73 Å². The third-order valence-corrected chi connectivity index (χ3v) is 6.79. The molecular weight excluding hydrogens is 479 g/mol. The number of carbonyl (C=O) groups is 2. The second kappa shape index (κ2) is 9.88. The van der Waals surface area contributed by atoms with Crippen molar-refractivity contribution in [3.63, 3.8) is 0 Å². The molecule has 36 heavy (non-hydrogen) atoms. The SMILES string of the molecule is Nc1nc(-c2ccc(NC(=O)CN(C(=O)c3ccc(F)cc3)c3ccc4c(c3)C(O)CC4)cc2)cs1. The Bertz CT molecular complexity index is 1420. The minimum Gasteiger partial charge on any atom is -0.388 e. The highest BCUT2D eigenvalue weighted by Gasteiger charge is 2.25. The molecule has 3 aromatic carbocycles. The summed E-state index contributed by atoms with van der Waals surface area (Å²) in [5, 5.41) is 15.5. The summed E-state index contributed by atoms with van der Waals surface area (Å²) in [5.41, 5.74) is 10.4. The number of nitrogens with zero attached hydrogens (tertiary/aromatic N) is 2. The van der Waals surface area contributed by atoms with Gasteiger partial charge in [0.2, 0.25) is 5.91 Å². The van der Waals surface area contributed by atoms with E-state index in [1.54, 1.807) is 24.3 Å². The largest absolute Gasteiger partial charge is 0.388 e. The molecule has 0 bridgehead atoms. The number of fused-ring (bicyclic) bond motifs is 1. The van der Waals surface area contributed by atoms with Gasteiger partial charge in [0.25, 0.3) is 5.91 Å². The molecule has 1 atom stereocenters. The number of anilines is 3. The maximum atomic E-state index is 13.4. The monoisotopic (exact) mass is 502 g/mol. The predicted octanol–water partition coefficient (Wildman–Crippen LogP) is 4.80. The summed E-state index contributed by atoms with van der Waals surface area (Å²) in [7, 11) is 0. The molecule has 1 aliphatic rings. The van der Waals surface area contributed by atoms with Gasteiger partial charge in [0.1, 0.15) is 12.4 Å². The zero-order chi connectivity index (χ0) is 25.2. The molecule has 4 aromatic rings. The number of aliphatic hydroxyl groups excluding tert-OH is 1. The highest BCUT2D eigenvalue weighted by Crippen LogP contribution is 2.34. The van der Waals surface area contributed by atoms with Crippen LogP contribution >= 0.6 is 11.3 Å². The first-order valence-electron chi connectivity index (χ1n) is 11.4. The smallest absolute Gasteiger partial charge is 0.258 e. The number of halogens is 1. The second-order valence-electron chi connectivity index (χ2n) is 8.53. The quantitative estimate of drug-likeness (QED) is 0.351. The predicted molar refractivity (Wildman–Crippen MR) is 138 cm³/mol. The number of rotatable bonds is 6. The molecule has 4 N–H and O–H groups in total. The Hall–Kier alpha value is -4.08. The molecule has 1 heterocycles. The van der Waals surface area contributed by atoms with Crippen LogP contribution in [0.3, 0.4) is 0 Å². The lowest BCUT2D eigenvalue weighted by Crippen LogP contribution is -2.38. The number of amides is 2. The van der Waals surface area contributed by atoms with Crippen molar-refractivity contribution in [3.05, 3.63) is 94.6 Å². The van der Waals surface area contributed by atoms with Crippen molar-refractivity contribution in [1.29, 1.82) is 0 Å². The summed E-state index contributed by atoms with van der Waals surface area (Å²) >= 11 is 1.35. The molecule has 7 nitrogen and oxygen atoms in total. The molecule has 1 aromatic heterocycles. The number of benzene rings is 3. The van der Waals surface area contributed by atoms with E-state index in [-0.39, 0.29) is 12.1 Å². The lowest BCUT2D eigenvalue weighted by Gasteiger charge is -2.24. The van der Waals surface area contributed by atoms with E-state index in [9.17, 15) is 19.1 Å². The summed E-state index contributed by atoms with van der Waals surface area (Å²) in [6.07, 6.45) is 0.768. The highest BCUT2D eigenvalue weighted by molar-refractivity contribution is 7.13. The maximum Gasteiger partial charge on any atom is 0.258 e. The van der Waals surface area contributed by atoms with E-state index >= 15 is 0 Å². The average Bonchev–Trinajstić information content (AvgIpc) is 3.48.